The van der Waals surface area contributed by atoms with Crippen LogP contribution in [0.2, 0.25) is 0 Å². The Labute approximate surface area is 88.7 Å². The second-order valence-electron chi connectivity index (χ2n) is 4.32. The summed E-state index contributed by atoms with van der Waals surface area (Å²) >= 11 is 0. The minimum Gasteiger partial charge on any atom is -0.340 e. The van der Waals surface area contributed by atoms with Gasteiger partial charge in [0.15, 0.2) is 0 Å². The molecular weight excluding hydrogens is 221 g/mol. The van der Waals surface area contributed by atoms with Gasteiger partial charge < -0.3 is 4.90 Å². The van der Waals surface area contributed by atoms with E-state index in [1.165, 1.54) is 4.90 Å². The van der Waals surface area contributed by atoms with E-state index in [1.807, 2.05) is 0 Å². The molecule has 0 aromatic heterocycles. The fraction of sp³-hybridized carbons (Fsp3) is 0.889. The predicted molar refractivity (Wildman–Crippen MR) is 52.4 cm³/mol. The molecule has 0 bridgehead atoms. The van der Waals surface area contributed by atoms with Crippen LogP contribution in [0.1, 0.15) is 25.7 Å². The molecule has 1 heterocycles. The van der Waals surface area contributed by atoms with E-state index in [0.717, 1.165) is 25.7 Å². The third kappa shape index (κ3) is 2.14. The first kappa shape index (κ1) is 10.9. The molecular formula is C9H14FNO3S. The van der Waals surface area contributed by atoms with Gasteiger partial charge in [-0.15, -0.1) is 3.89 Å². The van der Waals surface area contributed by atoms with Crippen LogP contribution in [0, 0.1) is 5.92 Å². The Balaban J connectivity index is 1.86. The maximum atomic E-state index is 12.5. The standard InChI is InChI=1S/C9H14FNO3S/c10-15(13,14)8-5-11(6-8)9(12)7-3-1-2-4-7/h7-8H,1-6H2. The minimum atomic E-state index is -4.45. The molecule has 86 valence electrons. The molecule has 2 fully saturated rings. The molecule has 6 heteroatoms. The lowest BCUT2D eigenvalue weighted by Gasteiger charge is -2.38. The van der Waals surface area contributed by atoms with Crippen LogP contribution in [0.3, 0.4) is 0 Å². The third-order valence-electron chi connectivity index (χ3n) is 3.26. The monoisotopic (exact) mass is 235 g/mol. The van der Waals surface area contributed by atoms with Crippen molar-refractivity contribution in [2.45, 2.75) is 30.9 Å². The second kappa shape index (κ2) is 3.73. The van der Waals surface area contributed by atoms with Gasteiger partial charge in [-0.3, -0.25) is 4.79 Å². The van der Waals surface area contributed by atoms with E-state index in [9.17, 15) is 17.1 Å². The Bertz CT molecular complexity index is 356. The van der Waals surface area contributed by atoms with Crippen LogP contribution in [0.25, 0.3) is 0 Å². The second-order valence-corrected chi connectivity index (χ2v) is 5.94. The zero-order valence-electron chi connectivity index (χ0n) is 8.36. The Hall–Kier alpha value is -0.650. The normalized spacial score (nSPS) is 24.2. The largest absolute Gasteiger partial charge is 0.340 e. The molecule has 1 amide bonds. The van der Waals surface area contributed by atoms with Gasteiger partial charge in [0.05, 0.1) is 0 Å². The van der Waals surface area contributed by atoms with Gasteiger partial charge in [0.25, 0.3) is 0 Å². The van der Waals surface area contributed by atoms with Crippen LogP contribution >= 0.6 is 0 Å². The van der Waals surface area contributed by atoms with Crippen LogP contribution in [0.15, 0.2) is 0 Å². The van der Waals surface area contributed by atoms with Crippen molar-refractivity contribution in [1.82, 2.24) is 4.90 Å². The lowest BCUT2D eigenvalue weighted by molar-refractivity contribution is -0.138. The molecule has 0 radical (unpaired) electrons. The topological polar surface area (TPSA) is 54.5 Å². The van der Waals surface area contributed by atoms with Gasteiger partial charge in [0, 0.05) is 19.0 Å². The molecule has 1 aliphatic heterocycles. The number of rotatable bonds is 2. The fourth-order valence-corrected chi connectivity index (χ4v) is 2.94. The molecule has 2 rings (SSSR count). The van der Waals surface area contributed by atoms with Crippen LogP contribution in [-0.2, 0) is 15.0 Å². The lowest BCUT2D eigenvalue weighted by atomic mass is 10.0. The average Bonchev–Trinajstić information content (AvgIpc) is 2.48. The summed E-state index contributed by atoms with van der Waals surface area (Å²) in [6.45, 7) is 0.0718. The lowest BCUT2D eigenvalue weighted by Crippen LogP contribution is -2.57. The molecule has 15 heavy (non-hydrogen) atoms. The van der Waals surface area contributed by atoms with Crippen molar-refractivity contribution >= 4 is 16.1 Å². The van der Waals surface area contributed by atoms with Crippen molar-refractivity contribution in [3.8, 4) is 0 Å². The van der Waals surface area contributed by atoms with E-state index in [2.05, 4.69) is 0 Å². The van der Waals surface area contributed by atoms with Gasteiger partial charge >= 0.3 is 10.2 Å². The number of hydrogen-bond donors (Lipinski definition) is 0. The molecule has 0 aromatic carbocycles. The summed E-state index contributed by atoms with van der Waals surface area (Å²) in [5.41, 5.74) is 0. The van der Waals surface area contributed by atoms with Crippen molar-refractivity contribution in [3.05, 3.63) is 0 Å². The molecule has 0 spiro atoms. The number of halogens is 1. The summed E-state index contributed by atoms with van der Waals surface area (Å²) in [5.74, 6) is 0.0562. The maximum Gasteiger partial charge on any atom is 0.308 e. The third-order valence-corrected chi connectivity index (χ3v) is 4.36. The van der Waals surface area contributed by atoms with E-state index < -0.39 is 15.5 Å². The number of likely N-dealkylation sites (tertiary alicyclic amines) is 1. The van der Waals surface area contributed by atoms with Gasteiger partial charge in [-0.1, -0.05) is 12.8 Å². The fourth-order valence-electron chi connectivity index (χ4n) is 2.23. The molecule has 2 aliphatic rings. The first-order valence-electron chi connectivity index (χ1n) is 5.21. The predicted octanol–water partition coefficient (Wildman–Crippen LogP) is 0.687. The Morgan fingerprint density at radius 2 is 1.73 bits per heavy atom. The molecule has 4 nitrogen and oxygen atoms in total. The minimum absolute atomic E-state index is 0.00685. The highest BCUT2D eigenvalue weighted by atomic mass is 32.3. The molecule has 0 N–H and O–H groups in total. The number of nitrogens with zero attached hydrogens (tertiary/aromatic N) is 1. The number of amides is 1. The molecule has 0 aromatic rings. The molecule has 1 aliphatic carbocycles. The summed E-state index contributed by atoms with van der Waals surface area (Å²) in [4.78, 5) is 13.2. The summed E-state index contributed by atoms with van der Waals surface area (Å²) < 4.78 is 33.5. The molecule has 0 atom stereocenters. The average molecular weight is 235 g/mol. The van der Waals surface area contributed by atoms with E-state index >= 15 is 0 Å². The smallest absolute Gasteiger partial charge is 0.308 e. The maximum absolute atomic E-state index is 12.5. The number of hydrogen-bond acceptors (Lipinski definition) is 3. The van der Waals surface area contributed by atoms with Crippen molar-refractivity contribution in [2.24, 2.45) is 5.92 Å². The Morgan fingerprint density at radius 1 is 1.20 bits per heavy atom. The van der Waals surface area contributed by atoms with Crippen LogP contribution < -0.4 is 0 Å². The Morgan fingerprint density at radius 3 is 2.20 bits per heavy atom. The van der Waals surface area contributed by atoms with E-state index in [4.69, 9.17) is 0 Å². The van der Waals surface area contributed by atoms with E-state index in [-0.39, 0.29) is 24.9 Å². The molecule has 1 saturated heterocycles. The molecule has 0 unspecified atom stereocenters. The Kier molecular flexibility index (Phi) is 2.70. The van der Waals surface area contributed by atoms with E-state index in [1.54, 1.807) is 0 Å². The summed E-state index contributed by atoms with van der Waals surface area (Å²) in [6.07, 6.45) is 3.91. The van der Waals surface area contributed by atoms with Gasteiger partial charge in [-0.25, -0.2) is 0 Å². The first-order chi connectivity index (χ1) is 6.98. The van der Waals surface area contributed by atoms with Gasteiger partial charge in [-0.05, 0) is 12.8 Å². The van der Waals surface area contributed by atoms with Crippen molar-refractivity contribution in [2.75, 3.05) is 13.1 Å². The van der Waals surface area contributed by atoms with Gasteiger partial charge in [0.1, 0.15) is 5.25 Å². The van der Waals surface area contributed by atoms with Gasteiger partial charge in [-0.2, -0.15) is 8.42 Å². The summed E-state index contributed by atoms with van der Waals surface area (Å²) in [7, 11) is -4.45. The van der Waals surface area contributed by atoms with Crippen LogP contribution in [0.5, 0.6) is 0 Å². The summed E-state index contributed by atoms with van der Waals surface area (Å²) in [6, 6.07) is 0. The first-order valence-corrected chi connectivity index (χ1v) is 6.65. The zero-order chi connectivity index (χ0) is 11.1. The molecule has 1 saturated carbocycles. The highest BCUT2D eigenvalue weighted by molar-refractivity contribution is 7.87. The number of carbonyl (C=O) groups is 1. The SMILES string of the molecule is O=C(C1CCCC1)N1CC(S(=O)(=O)F)C1. The zero-order valence-corrected chi connectivity index (χ0v) is 9.17. The quantitative estimate of drug-likeness (QED) is 0.662. The van der Waals surface area contributed by atoms with E-state index in [0.29, 0.717) is 0 Å². The highest BCUT2D eigenvalue weighted by Crippen LogP contribution is 2.29. The van der Waals surface area contributed by atoms with Crippen LogP contribution in [-0.4, -0.2) is 37.6 Å². The van der Waals surface area contributed by atoms with Crippen LogP contribution in [0.4, 0.5) is 3.89 Å². The summed E-state index contributed by atoms with van der Waals surface area (Å²) in [5, 5.41) is -0.983. The van der Waals surface area contributed by atoms with Crippen molar-refractivity contribution < 1.29 is 17.1 Å². The number of carbonyl (C=O) groups excluding carboxylic acids is 1. The van der Waals surface area contributed by atoms with Crippen molar-refractivity contribution in [1.29, 1.82) is 0 Å². The van der Waals surface area contributed by atoms with Crippen molar-refractivity contribution in [3.63, 3.8) is 0 Å². The van der Waals surface area contributed by atoms with Gasteiger partial charge in [0.2, 0.25) is 5.91 Å². The highest BCUT2D eigenvalue weighted by Gasteiger charge is 2.42.